The highest BCUT2D eigenvalue weighted by Gasteiger charge is 2.19. The maximum Gasteiger partial charge on any atom is 0.269 e. The molecular weight excluding hydrogens is 482 g/mol. The molecule has 1 aromatic heterocycles. The number of nitrogens with zero attached hydrogens (tertiary/aromatic N) is 2. The molecule has 2 unspecified atom stereocenters. The van der Waals surface area contributed by atoms with Crippen LogP contribution >= 0.6 is 19.7 Å². The number of nitrogens with one attached hydrogen (secondary N) is 2. The largest absolute Gasteiger partial charge is 0.484 e. The maximum absolute atomic E-state index is 13.4. The number of carbonyl (C=O) groups is 2. The Morgan fingerprint density at radius 3 is 2.74 bits per heavy atom. The Morgan fingerprint density at radius 1 is 1.32 bits per heavy atom. The van der Waals surface area contributed by atoms with Crippen LogP contribution in [0, 0.1) is 5.82 Å². The topological polar surface area (TPSA) is 104 Å². The van der Waals surface area contributed by atoms with Gasteiger partial charge in [0.1, 0.15) is 17.3 Å². The van der Waals surface area contributed by atoms with Crippen molar-refractivity contribution in [3.8, 4) is 5.75 Å². The van der Waals surface area contributed by atoms with Crippen molar-refractivity contribution in [1.29, 1.82) is 0 Å². The van der Waals surface area contributed by atoms with E-state index >= 15 is 0 Å². The predicted octanol–water partition coefficient (Wildman–Crippen LogP) is 3.65. The second-order valence-corrected chi connectivity index (χ2v) is 10.0. The summed E-state index contributed by atoms with van der Waals surface area (Å²) in [7, 11) is -1.47. The third-order valence-electron chi connectivity index (χ3n) is 5.17. The molecule has 0 spiro atoms. The molecule has 0 bridgehead atoms. The summed E-state index contributed by atoms with van der Waals surface area (Å²) in [6, 6.07) is 7.42. The summed E-state index contributed by atoms with van der Waals surface area (Å²) in [5, 5.41) is 15.7. The molecule has 34 heavy (non-hydrogen) atoms. The number of hydrogen-bond donors (Lipinski definition) is 3. The van der Waals surface area contributed by atoms with Crippen molar-refractivity contribution in [3.63, 3.8) is 0 Å². The predicted molar refractivity (Wildman–Crippen MR) is 131 cm³/mol. The van der Waals surface area contributed by atoms with E-state index in [-0.39, 0.29) is 36.3 Å². The third-order valence-corrected chi connectivity index (χ3v) is 7.28. The number of anilines is 1. The molecule has 1 aromatic carbocycles. The lowest BCUT2D eigenvalue weighted by molar-refractivity contribution is -0.121. The van der Waals surface area contributed by atoms with Crippen LogP contribution in [0.3, 0.4) is 0 Å². The molecule has 0 saturated carbocycles. The van der Waals surface area contributed by atoms with Gasteiger partial charge in [0.05, 0.1) is 22.8 Å². The van der Waals surface area contributed by atoms with Gasteiger partial charge in [-0.25, -0.2) is 9.37 Å². The molecule has 11 heteroatoms. The van der Waals surface area contributed by atoms with Gasteiger partial charge in [-0.15, -0.1) is 0 Å². The highest BCUT2D eigenvalue weighted by Crippen LogP contribution is 2.37. The van der Waals surface area contributed by atoms with Gasteiger partial charge in [0.2, 0.25) is 0 Å². The number of aliphatic hydroxyl groups excluding tert-OH is 1. The standard InChI is InChI=1S/C23H27ClFN4O4P/c1-2-34(28-21(30)15-33-17-6-7-18(24)19(25)13-17)22(31)9-10-26-23(32)20-8-5-16(14-27-20)29-11-3-4-12-29/h2,5-8,13-14,22,31H,1,3-4,9-12,15H2,(H,26,32)(H,28,30). The molecule has 182 valence electrons. The zero-order chi connectivity index (χ0) is 24.5. The summed E-state index contributed by atoms with van der Waals surface area (Å²) in [4.78, 5) is 31.0. The van der Waals surface area contributed by atoms with Crippen LogP contribution in [0.5, 0.6) is 5.75 Å². The fraction of sp³-hybridized carbons (Fsp3) is 0.348. The van der Waals surface area contributed by atoms with Gasteiger partial charge in [0.15, 0.2) is 6.61 Å². The SMILES string of the molecule is C=CP(NC(=O)COc1ccc(Cl)c(F)c1)C(O)CCNC(=O)c1ccc(N2CCCC2)cn1. The maximum atomic E-state index is 13.4. The monoisotopic (exact) mass is 508 g/mol. The second-order valence-electron chi connectivity index (χ2n) is 7.61. The first-order chi connectivity index (χ1) is 16.4. The average Bonchev–Trinajstić information content (AvgIpc) is 3.38. The van der Waals surface area contributed by atoms with Crippen LogP contribution in [0.15, 0.2) is 48.9 Å². The first-order valence-corrected chi connectivity index (χ1v) is 12.7. The number of carbonyl (C=O) groups excluding carboxylic acids is 2. The Hall–Kier alpha value is -2.74. The van der Waals surface area contributed by atoms with E-state index in [0.29, 0.717) is 5.69 Å². The average molecular weight is 509 g/mol. The van der Waals surface area contributed by atoms with Gasteiger partial charge in [0, 0.05) is 33.8 Å². The molecule has 2 heterocycles. The van der Waals surface area contributed by atoms with E-state index in [1.807, 2.05) is 6.07 Å². The summed E-state index contributed by atoms with van der Waals surface area (Å²) in [6.45, 7) is 5.48. The fourth-order valence-electron chi connectivity index (χ4n) is 3.36. The van der Waals surface area contributed by atoms with Gasteiger partial charge < -0.3 is 25.1 Å². The van der Waals surface area contributed by atoms with E-state index in [4.69, 9.17) is 16.3 Å². The Morgan fingerprint density at radius 2 is 2.09 bits per heavy atom. The Balaban J connectivity index is 1.40. The molecule has 2 amide bonds. The lowest BCUT2D eigenvalue weighted by atomic mass is 10.3. The molecule has 1 aliphatic rings. The summed E-state index contributed by atoms with van der Waals surface area (Å²) < 4.78 is 18.7. The minimum absolute atomic E-state index is 0.0444. The van der Waals surface area contributed by atoms with E-state index in [1.165, 1.54) is 17.9 Å². The van der Waals surface area contributed by atoms with Crippen LogP contribution in [0.25, 0.3) is 0 Å². The fourth-order valence-corrected chi connectivity index (χ4v) is 4.72. The van der Waals surface area contributed by atoms with Crippen molar-refractivity contribution >= 4 is 37.2 Å². The number of benzene rings is 1. The molecule has 1 saturated heterocycles. The van der Waals surface area contributed by atoms with Gasteiger partial charge in [-0.05, 0) is 49.3 Å². The minimum Gasteiger partial charge on any atom is -0.484 e. The number of ether oxygens (including phenoxy) is 1. The van der Waals surface area contributed by atoms with Crippen LogP contribution in [-0.4, -0.2) is 54.0 Å². The highest BCUT2D eigenvalue weighted by molar-refractivity contribution is 7.60. The van der Waals surface area contributed by atoms with E-state index in [0.717, 1.165) is 37.7 Å². The normalized spacial score (nSPS) is 14.9. The number of aliphatic hydroxyl groups is 1. The van der Waals surface area contributed by atoms with Gasteiger partial charge >= 0.3 is 0 Å². The van der Waals surface area contributed by atoms with Crippen molar-refractivity contribution in [2.45, 2.75) is 25.1 Å². The first-order valence-electron chi connectivity index (χ1n) is 10.8. The van der Waals surface area contributed by atoms with Gasteiger partial charge in [-0.2, -0.15) is 0 Å². The molecular formula is C23H27ClFN4O4P. The Labute approximate surface area is 204 Å². The summed E-state index contributed by atoms with van der Waals surface area (Å²) in [5.74, 6) is -0.786. The number of pyridine rings is 1. The number of rotatable bonds is 11. The van der Waals surface area contributed by atoms with E-state index in [2.05, 4.69) is 26.9 Å². The highest BCUT2D eigenvalue weighted by atomic mass is 35.5. The molecule has 3 rings (SSSR count). The van der Waals surface area contributed by atoms with Crippen molar-refractivity contribution in [3.05, 3.63) is 65.5 Å². The quantitative estimate of drug-likeness (QED) is 0.400. The van der Waals surface area contributed by atoms with Crippen LogP contribution in [0.1, 0.15) is 29.8 Å². The van der Waals surface area contributed by atoms with Crippen LogP contribution in [0.4, 0.5) is 10.1 Å². The summed E-state index contributed by atoms with van der Waals surface area (Å²) in [6.07, 6.45) is 4.22. The number of hydrogen-bond acceptors (Lipinski definition) is 6. The zero-order valence-corrected chi connectivity index (χ0v) is 20.2. The van der Waals surface area contributed by atoms with E-state index in [1.54, 1.807) is 12.3 Å². The minimum atomic E-state index is -1.47. The lowest BCUT2D eigenvalue weighted by Crippen LogP contribution is -2.31. The van der Waals surface area contributed by atoms with Crippen LogP contribution in [-0.2, 0) is 4.79 Å². The lowest BCUT2D eigenvalue weighted by Gasteiger charge is -2.21. The van der Waals surface area contributed by atoms with Crippen molar-refractivity contribution in [1.82, 2.24) is 15.4 Å². The summed E-state index contributed by atoms with van der Waals surface area (Å²) in [5.41, 5.74) is 1.30. The molecule has 0 radical (unpaired) electrons. The van der Waals surface area contributed by atoms with Crippen molar-refractivity contribution in [2.75, 3.05) is 31.1 Å². The molecule has 1 fully saturated rings. The molecule has 2 atom stereocenters. The molecule has 1 aliphatic heterocycles. The zero-order valence-electron chi connectivity index (χ0n) is 18.5. The van der Waals surface area contributed by atoms with Gasteiger partial charge in [-0.1, -0.05) is 18.2 Å². The molecule has 0 aliphatic carbocycles. The molecule has 2 aromatic rings. The van der Waals surface area contributed by atoms with Crippen LogP contribution < -0.4 is 20.0 Å². The number of aromatic nitrogens is 1. The van der Waals surface area contributed by atoms with Gasteiger partial charge in [-0.3, -0.25) is 9.59 Å². The summed E-state index contributed by atoms with van der Waals surface area (Å²) >= 11 is 5.61. The smallest absolute Gasteiger partial charge is 0.269 e. The van der Waals surface area contributed by atoms with Crippen molar-refractivity contribution < 1.29 is 23.8 Å². The number of halogens is 2. The Kier molecular flexibility index (Phi) is 9.62. The van der Waals surface area contributed by atoms with Crippen LogP contribution in [0.2, 0.25) is 5.02 Å². The molecule has 8 nitrogen and oxygen atoms in total. The van der Waals surface area contributed by atoms with Gasteiger partial charge in [0.25, 0.3) is 11.8 Å². The Bertz CT molecular complexity index is 1000. The molecule has 3 N–H and O–H groups in total. The van der Waals surface area contributed by atoms with E-state index in [9.17, 15) is 19.1 Å². The van der Waals surface area contributed by atoms with E-state index < -0.39 is 25.6 Å². The third kappa shape index (κ3) is 7.38. The second kappa shape index (κ2) is 12.6. The first kappa shape index (κ1) is 25.9. The number of amides is 2. The van der Waals surface area contributed by atoms with Crippen molar-refractivity contribution in [2.24, 2.45) is 0 Å².